The molecule has 1 fully saturated rings. The smallest absolute Gasteiger partial charge is 0.338 e. The maximum atomic E-state index is 13.2. The molecule has 5 rings (SSSR count). The fourth-order valence-corrected chi connectivity index (χ4v) is 4.40. The van der Waals surface area contributed by atoms with E-state index in [4.69, 9.17) is 24.7 Å². The van der Waals surface area contributed by atoms with E-state index in [0.29, 0.717) is 5.56 Å². The molecule has 1 aliphatic rings. The fourth-order valence-electron chi connectivity index (χ4n) is 4.40. The molecule has 2 N–H and O–H groups in total. The standard InChI is InChI=1S/C31H26N2O8/c32-23-16-17-33(25(34)18-23)28-27(41-31(37)22-14-8-3-9-15-22)26(40-30(36)21-12-6-2-7-13-21)24(39-28)19-38-29(35)20-10-4-1-5-11-20/h1-18,24,26-28H,19,32H2/t24-,26-,27-,28-/m1/s1. The van der Waals surface area contributed by atoms with Crippen molar-refractivity contribution in [3.63, 3.8) is 0 Å². The normalized spacial score (nSPS) is 19.7. The van der Waals surface area contributed by atoms with Crippen molar-refractivity contribution >= 4 is 23.6 Å². The lowest BCUT2D eigenvalue weighted by atomic mass is 10.1. The van der Waals surface area contributed by atoms with Gasteiger partial charge >= 0.3 is 17.9 Å². The Morgan fingerprint density at radius 2 is 1.20 bits per heavy atom. The Labute approximate surface area is 234 Å². The van der Waals surface area contributed by atoms with Gasteiger partial charge < -0.3 is 24.7 Å². The molecule has 0 saturated carbocycles. The summed E-state index contributed by atoms with van der Waals surface area (Å²) >= 11 is 0. The topological polar surface area (TPSA) is 136 Å². The minimum absolute atomic E-state index is 0.225. The van der Waals surface area contributed by atoms with Crippen molar-refractivity contribution in [2.45, 2.75) is 24.5 Å². The van der Waals surface area contributed by atoms with E-state index in [-0.39, 0.29) is 23.4 Å². The number of rotatable bonds is 8. The zero-order valence-corrected chi connectivity index (χ0v) is 21.7. The molecule has 208 valence electrons. The Kier molecular flexibility index (Phi) is 8.21. The summed E-state index contributed by atoms with van der Waals surface area (Å²) in [7, 11) is 0. The molecule has 1 aromatic heterocycles. The average Bonchev–Trinajstić information content (AvgIpc) is 3.33. The lowest BCUT2D eigenvalue weighted by Crippen LogP contribution is -2.42. The van der Waals surface area contributed by atoms with Gasteiger partial charge in [-0.2, -0.15) is 0 Å². The molecule has 10 nitrogen and oxygen atoms in total. The van der Waals surface area contributed by atoms with E-state index in [1.807, 2.05) is 0 Å². The van der Waals surface area contributed by atoms with Gasteiger partial charge in [0.25, 0.3) is 5.56 Å². The number of nitrogens with zero attached hydrogens (tertiary/aromatic N) is 1. The largest absolute Gasteiger partial charge is 0.459 e. The van der Waals surface area contributed by atoms with Crippen molar-refractivity contribution in [1.29, 1.82) is 0 Å². The zero-order chi connectivity index (χ0) is 28.8. The van der Waals surface area contributed by atoms with Crippen LogP contribution in [0.1, 0.15) is 37.3 Å². The van der Waals surface area contributed by atoms with Crippen molar-refractivity contribution in [3.05, 3.63) is 136 Å². The van der Waals surface area contributed by atoms with Crippen molar-refractivity contribution in [1.82, 2.24) is 4.57 Å². The van der Waals surface area contributed by atoms with Crippen molar-refractivity contribution in [2.75, 3.05) is 12.3 Å². The third-order valence-corrected chi connectivity index (χ3v) is 6.43. The Balaban J connectivity index is 1.49. The first kappa shape index (κ1) is 27.4. The van der Waals surface area contributed by atoms with Crippen LogP contribution >= 0.6 is 0 Å². The van der Waals surface area contributed by atoms with Crippen LogP contribution in [0.2, 0.25) is 0 Å². The summed E-state index contributed by atoms with van der Waals surface area (Å²) in [6.45, 7) is -0.361. The summed E-state index contributed by atoms with van der Waals surface area (Å²) in [6.07, 6.45) is -3.49. The van der Waals surface area contributed by atoms with Gasteiger partial charge in [-0.05, 0) is 42.5 Å². The molecule has 0 bridgehead atoms. The summed E-state index contributed by atoms with van der Waals surface area (Å²) in [5.74, 6) is -2.08. The SMILES string of the molecule is Nc1ccn([C@@H]2O[C@H](COC(=O)c3ccccc3)[C@@H](OC(=O)c3ccccc3)[C@H]2OC(=O)c2ccccc2)c(=O)c1. The highest BCUT2D eigenvalue weighted by atomic mass is 16.7. The first-order chi connectivity index (χ1) is 19.9. The summed E-state index contributed by atoms with van der Waals surface area (Å²) in [4.78, 5) is 51.9. The van der Waals surface area contributed by atoms with Gasteiger partial charge in [0.2, 0.25) is 0 Å². The summed E-state index contributed by atoms with van der Waals surface area (Å²) in [6, 6.07) is 27.4. The number of hydrogen-bond donors (Lipinski definition) is 1. The zero-order valence-electron chi connectivity index (χ0n) is 21.7. The third kappa shape index (κ3) is 6.34. The predicted molar refractivity (Wildman–Crippen MR) is 147 cm³/mol. The summed E-state index contributed by atoms with van der Waals surface area (Å²) in [5, 5.41) is 0. The van der Waals surface area contributed by atoms with Gasteiger partial charge in [-0.1, -0.05) is 54.6 Å². The average molecular weight is 555 g/mol. The lowest BCUT2D eigenvalue weighted by Gasteiger charge is -2.25. The number of benzene rings is 3. The van der Waals surface area contributed by atoms with Gasteiger partial charge in [0.1, 0.15) is 12.7 Å². The Morgan fingerprint density at radius 1 is 0.707 bits per heavy atom. The third-order valence-electron chi connectivity index (χ3n) is 6.43. The number of anilines is 1. The number of carbonyl (C=O) groups excluding carboxylic acids is 3. The second-order valence-corrected chi connectivity index (χ2v) is 9.21. The van der Waals surface area contributed by atoms with Gasteiger partial charge in [0.05, 0.1) is 16.7 Å². The van der Waals surface area contributed by atoms with Crippen LogP contribution in [0.25, 0.3) is 0 Å². The van der Waals surface area contributed by atoms with Crippen LogP contribution in [0.15, 0.2) is 114 Å². The number of esters is 3. The molecule has 0 amide bonds. The fraction of sp³-hybridized carbons (Fsp3) is 0.161. The minimum atomic E-state index is -1.29. The van der Waals surface area contributed by atoms with E-state index in [1.165, 1.54) is 22.9 Å². The molecule has 0 aliphatic carbocycles. The van der Waals surface area contributed by atoms with Crippen LogP contribution in [0, 0.1) is 0 Å². The maximum absolute atomic E-state index is 13.2. The highest BCUT2D eigenvalue weighted by molar-refractivity contribution is 5.91. The molecule has 4 atom stereocenters. The Bertz CT molecular complexity index is 1570. The molecule has 1 saturated heterocycles. The van der Waals surface area contributed by atoms with E-state index in [1.54, 1.807) is 91.0 Å². The number of nitrogens with two attached hydrogens (primary N) is 1. The van der Waals surface area contributed by atoms with Crippen LogP contribution in [0.4, 0.5) is 5.69 Å². The molecule has 0 unspecified atom stereocenters. The minimum Gasteiger partial charge on any atom is -0.459 e. The van der Waals surface area contributed by atoms with E-state index >= 15 is 0 Å². The van der Waals surface area contributed by atoms with Crippen LogP contribution in [-0.2, 0) is 18.9 Å². The Morgan fingerprint density at radius 3 is 1.71 bits per heavy atom. The van der Waals surface area contributed by atoms with Gasteiger partial charge in [-0.25, -0.2) is 14.4 Å². The lowest BCUT2D eigenvalue weighted by molar-refractivity contribution is -0.0634. The number of ether oxygens (including phenoxy) is 4. The predicted octanol–water partition coefficient (Wildman–Crippen LogP) is 3.64. The second kappa shape index (κ2) is 12.3. The van der Waals surface area contributed by atoms with Crippen molar-refractivity contribution < 1.29 is 33.3 Å². The first-order valence-corrected chi connectivity index (χ1v) is 12.8. The number of pyridine rings is 1. The highest BCUT2D eigenvalue weighted by Gasteiger charge is 2.51. The van der Waals surface area contributed by atoms with Crippen molar-refractivity contribution in [3.8, 4) is 0 Å². The molecular formula is C31H26N2O8. The van der Waals surface area contributed by atoms with Crippen LogP contribution < -0.4 is 11.3 Å². The Hall–Kier alpha value is -5.22. The van der Waals surface area contributed by atoms with Crippen LogP contribution in [0.3, 0.4) is 0 Å². The molecule has 2 heterocycles. The first-order valence-electron chi connectivity index (χ1n) is 12.8. The van der Waals surface area contributed by atoms with Gasteiger partial charge in [-0.3, -0.25) is 9.36 Å². The molecule has 41 heavy (non-hydrogen) atoms. The van der Waals surface area contributed by atoms with Gasteiger partial charge in [0.15, 0.2) is 18.4 Å². The van der Waals surface area contributed by atoms with Crippen LogP contribution in [-0.4, -0.2) is 47.4 Å². The summed E-state index contributed by atoms with van der Waals surface area (Å²) < 4.78 is 24.5. The van der Waals surface area contributed by atoms with E-state index in [2.05, 4.69) is 0 Å². The molecule has 1 aliphatic heterocycles. The molecular weight excluding hydrogens is 528 g/mol. The van der Waals surface area contributed by atoms with Crippen molar-refractivity contribution in [2.24, 2.45) is 0 Å². The molecule has 10 heteroatoms. The molecule has 3 aromatic carbocycles. The molecule has 0 spiro atoms. The molecule has 0 radical (unpaired) electrons. The number of nitrogen functional groups attached to an aromatic ring is 1. The van der Waals surface area contributed by atoms with E-state index in [0.717, 1.165) is 0 Å². The summed E-state index contributed by atoms with van der Waals surface area (Å²) in [5.41, 5.74) is 6.25. The highest BCUT2D eigenvalue weighted by Crippen LogP contribution is 2.35. The van der Waals surface area contributed by atoms with E-state index < -0.39 is 48.0 Å². The van der Waals surface area contributed by atoms with Gasteiger partial charge in [0, 0.05) is 18.0 Å². The molecule has 4 aromatic rings. The second-order valence-electron chi connectivity index (χ2n) is 9.21. The monoisotopic (exact) mass is 554 g/mol. The number of carbonyl (C=O) groups is 3. The maximum Gasteiger partial charge on any atom is 0.338 e. The van der Waals surface area contributed by atoms with Crippen LogP contribution in [0.5, 0.6) is 0 Å². The quantitative estimate of drug-likeness (QED) is 0.256. The number of aromatic nitrogens is 1. The van der Waals surface area contributed by atoms with Gasteiger partial charge in [-0.15, -0.1) is 0 Å². The van der Waals surface area contributed by atoms with E-state index in [9.17, 15) is 19.2 Å². The number of hydrogen-bond acceptors (Lipinski definition) is 9.